The van der Waals surface area contributed by atoms with E-state index >= 15 is 0 Å². The van der Waals surface area contributed by atoms with Crippen LogP contribution in [0.15, 0.2) is 48.7 Å². The molecule has 0 aliphatic heterocycles. The molecule has 1 aromatic heterocycles. The van der Waals surface area contributed by atoms with Crippen molar-refractivity contribution in [1.82, 2.24) is 9.97 Å². The minimum Gasteiger partial charge on any atom is -0.494 e. The first-order valence-electron chi connectivity index (χ1n) is 6.29. The Hall–Kier alpha value is -2.82. The molecule has 1 heterocycles. The highest BCUT2D eigenvalue weighted by Gasteiger charge is 2.18. The highest BCUT2D eigenvalue weighted by molar-refractivity contribution is 6.08. The Morgan fingerprint density at radius 1 is 1.10 bits per heavy atom. The molecule has 0 saturated heterocycles. The Morgan fingerprint density at radius 2 is 1.86 bits per heavy atom. The van der Waals surface area contributed by atoms with Gasteiger partial charge in [0.25, 0.3) is 0 Å². The molecule has 0 N–H and O–H groups in total. The average molecular weight is 282 g/mol. The zero-order valence-electron chi connectivity index (χ0n) is 11.2. The van der Waals surface area contributed by atoms with Crippen molar-refractivity contribution in [2.45, 2.75) is 0 Å². The summed E-state index contributed by atoms with van der Waals surface area (Å²) in [5, 5.41) is 0. The van der Waals surface area contributed by atoms with Crippen LogP contribution in [0.3, 0.4) is 0 Å². The minimum atomic E-state index is -0.694. The van der Waals surface area contributed by atoms with E-state index in [9.17, 15) is 9.18 Å². The summed E-state index contributed by atoms with van der Waals surface area (Å²) < 4.78 is 19.0. The summed E-state index contributed by atoms with van der Waals surface area (Å²) in [5.41, 5.74) is 1.28. The maximum Gasteiger partial charge on any atom is 0.216 e. The van der Waals surface area contributed by atoms with E-state index in [2.05, 4.69) is 9.97 Å². The number of methoxy groups -OCH3 is 1. The van der Waals surface area contributed by atoms with Crippen LogP contribution < -0.4 is 4.74 Å². The molecule has 5 heteroatoms. The number of hydrogen-bond acceptors (Lipinski definition) is 4. The van der Waals surface area contributed by atoms with Gasteiger partial charge in [0.15, 0.2) is 11.6 Å². The molecule has 0 bridgehead atoms. The van der Waals surface area contributed by atoms with Gasteiger partial charge in [-0.1, -0.05) is 18.2 Å². The van der Waals surface area contributed by atoms with Crippen LogP contribution in [0.4, 0.5) is 4.39 Å². The standard InChI is InChI=1S/C16H11FN2O2/c1-21-14-8-4-5-10(15(14)17)16(20)13-9-18-11-6-2-3-7-12(11)19-13/h2-9H,1H3. The second kappa shape index (κ2) is 5.28. The first kappa shape index (κ1) is 13.2. The maximum absolute atomic E-state index is 14.1. The van der Waals surface area contributed by atoms with Crippen LogP contribution in [0.1, 0.15) is 16.1 Å². The van der Waals surface area contributed by atoms with E-state index in [1.165, 1.54) is 25.4 Å². The Bertz CT molecular complexity index is 833. The van der Waals surface area contributed by atoms with Crippen LogP contribution in [0.2, 0.25) is 0 Å². The summed E-state index contributed by atoms with van der Waals surface area (Å²) >= 11 is 0. The molecule has 0 atom stereocenters. The number of carbonyl (C=O) groups is 1. The van der Waals surface area contributed by atoms with Crippen LogP contribution >= 0.6 is 0 Å². The first-order valence-corrected chi connectivity index (χ1v) is 6.29. The molecule has 0 saturated carbocycles. The van der Waals surface area contributed by atoms with E-state index in [0.29, 0.717) is 11.0 Å². The number of halogens is 1. The van der Waals surface area contributed by atoms with Gasteiger partial charge in [-0.05, 0) is 24.3 Å². The fraction of sp³-hybridized carbons (Fsp3) is 0.0625. The minimum absolute atomic E-state index is 0.0228. The molecule has 3 rings (SSSR count). The van der Waals surface area contributed by atoms with Crippen molar-refractivity contribution >= 4 is 16.8 Å². The smallest absolute Gasteiger partial charge is 0.216 e. The summed E-state index contributed by atoms with van der Waals surface area (Å²) in [7, 11) is 1.35. The van der Waals surface area contributed by atoms with Gasteiger partial charge in [-0.15, -0.1) is 0 Å². The van der Waals surface area contributed by atoms with Crippen LogP contribution in [-0.4, -0.2) is 22.9 Å². The van der Waals surface area contributed by atoms with Crippen molar-refractivity contribution in [2.75, 3.05) is 7.11 Å². The number of fused-ring (bicyclic) bond motifs is 1. The Labute approximate surface area is 120 Å². The molecule has 0 unspecified atom stereocenters. The molecule has 3 aromatic rings. The Morgan fingerprint density at radius 3 is 2.62 bits per heavy atom. The van der Waals surface area contributed by atoms with Gasteiger partial charge in [0.05, 0.1) is 29.9 Å². The quantitative estimate of drug-likeness (QED) is 0.693. The van der Waals surface area contributed by atoms with Crippen LogP contribution in [0, 0.1) is 5.82 Å². The number of ketones is 1. The van der Waals surface area contributed by atoms with Crippen molar-refractivity contribution in [3.05, 3.63) is 65.7 Å². The number of carbonyl (C=O) groups excluding carboxylic acids is 1. The second-order valence-corrected chi connectivity index (χ2v) is 4.39. The fourth-order valence-corrected chi connectivity index (χ4v) is 2.05. The lowest BCUT2D eigenvalue weighted by Crippen LogP contribution is -2.08. The molecule has 2 aromatic carbocycles. The van der Waals surface area contributed by atoms with Crippen molar-refractivity contribution in [2.24, 2.45) is 0 Å². The monoisotopic (exact) mass is 282 g/mol. The van der Waals surface area contributed by atoms with Crippen molar-refractivity contribution in [1.29, 1.82) is 0 Å². The summed E-state index contributed by atoms with van der Waals surface area (Å²) in [4.78, 5) is 20.8. The third kappa shape index (κ3) is 2.33. The van der Waals surface area contributed by atoms with Gasteiger partial charge in [-0.25, -0.2) is 9.37 Å². The van der Waals surface area contributed by atoms with Gasteiger partial charge in [0.2, 0.25) is 5.78 Å². The van der Waals surface area contributed by atoms with E-state index < -0.39 is 11.6 Å². The van der Waals surface area contributed by atoms with E-state index in [1.807, 2.05) is 6.07 Å². The summed E-state index contributed by atoms with van der Waals surface area (Å²) in [6, 6.07) is 11.6. The molecule has 0 aliphatic carbocycles. The normalized spacial score (nSPS) is 10.6. The predicted molar refractivity (Wildman–Crippen MR) is 75.9 cm³/mol. The van der Waals surface area contributed by atoms with E-state index in [0.717, 1.165) is 0 Å². The summed E-state index contributed by atoms with van der Waals surface area (Å²) in [6.45, 7) is 0. The van der Waals surface area contributed by atoms with Crippen molar-refractivity contribution in [3.63, 3.8) is 0 Å². The number of nitrogens with zero attached hydrogens (tertiary/aromatic N) is 2. The molecular weight excluding hydrogens is 271 g/mol. The zero-order valence-corrected chi connectivity index (χ0v) is 11.2. The van der Waals surface area contributed by atoms with Gasteiger partial charge >= 0.3 is 0 Å². The topological polar surface area (TPSA) is 52.1 Å². The summed E-state index contributed by atoms with van der Waals surface area (Å²) in [5.74, 6) is -1.20. The molecule has 0 spiro atoms. The zero-order chi connectivity index (χ0) is 14.8. The molecule has 0 amide bonds. The third-order valence-electron chi connectivity index (χ3n) is 3.11. The molecule has 0 fully saturated rings. The number of benzene rings is 2. The average Bonchev–Trinajstić information content (AvgIpc) is 2.54. The lowest BCUT2D eigenvalue weighted by Gasteiger charge is -2.06. The van der Waals surface area contributed by atoms with E-state index in [1.54, 1.807) is 24.3 Å². The SMILES string of the molecule is COc1cccc(C(=O)c2cnc3ccccc3n2)c1F. The molecule has 0 radical (unpaired) electrons. The lowest BCUT2D eigenvalue weighted by molar-refractivity contribution is 0.103. The van der Waals surface area contributed by atoms with Crippen LogP contribution in [0.5, 0.6) is 5.75 Å². The van der Waals surface area contributed by atoms with E-state index in [-0.39, 0.29) is 17.0 Å². The highest BCUT2D eigenvalue weighted by atomic mass is 19.1. The van der Waals surface area contributed by atoms with Gasteiger partial charge in [0.1, 0.15) is 5.69 Å². The van der Waals surface area contributed by atoms with Gasteiger partial charge in [-0.3, -0.25) is 9.78 Å². The van der Waals surface area contributed by atoms with Gasteiger partial charge in [0, 0.05) is 0 Å². The molecule has 21 heavy (non-hydrogen) atoms. The Balaban J connectivity index is 2.08. The molecule has 0 aliphatic rings. The van der Waals surface area contributed by atoms with Gasteiger partial charge < -0.3 is 4.74 Å². The molecule has 104 valence electrons. The Kier molecular flexibility index (Phi) is 3.31. The van der Waals surface area contributed by atoms with Crippen molar-refractivity contribution in [3.8, 4) is 5.75 Å². The third-order valence-corrected chi connectivity index (χ3v) is 3.11. The second-order valence-electron chi connectivity index (χ2n) is 4.39. The maximum atomic E-state index is 14.1. The fourth-order valence-electron chi connectivity index (χ4n) is 2.05. The van der Waals surface area contributed by atoms with Crippen molar-refractivity contribution < 1.29 is 13.9 Å². The first-order chi connectivity index (χ1) is 10.2. The van der Waals surface area contributed by atoms with Crippen LogP contribution in [-0.2, 0) is 0 Å². The summed E-state index contributed by atoms with van der Waals surface area (Å²) in [6.07, 6.45) is 1.35. The van der Waals surface area contributed by atoms with E-state index in [4.69, 9.17) is 4.74 Å². The van der Waals surface area contributed by atoms with Crippen LogP contribution in [0.25, 0.3) is 11.0 Å². The number of para-hydroxylation sites is 2. The number of ether oxygens (including phenoxy) is 1. The lowest BCUT2D eigenvalue weighted by atomic mass is 10.1. The van der Waals surface area contributed by atoms with Gasteiger partial charge in [-0.2, -0.15) is 0 Å². The number of hydrogen-bond donors (Lipinski definition) is 0. The number of rotatable bonds is 3. The molecule has 4 nitrogen and oxygen atoms in total. The number of aromatic nitrogens is 2. The largest absolute Gasteiger partial charge is 0.494 e. The predicted octanol–water partition coefficient (Wildman–Crippen LogP) is 3.01. The molecular formula is C16H11FN2O2. The highest BCUT2D eigenvalue weighted by Crippen LogP contribution is 2.22.